The third-order valence-electron chi connectivity index (χ3n) is 7.79. The summed E-state index contributed by atoms with van der Waals surface area (Å²) in [6.45, 7) is 1.18. The third kappa shape index (κ3) is 7.47. The minimum atomic E-state index is -3.66. The molecule has 49 heavy (non-hydrogen) atoms. The topological polar surface area (TPSA) is 129 Å². The van der Waals surface area contributed by atoms with E-state index in [1.807, 2.05) is 24.1 Å². The van der Waals surface area contributed by atoms with Crippen LogP contribution in [0.2, 0.25) is 0 Å². The Balaban J connectivity index is 1.12. The van der Waals surface area contributed by atoms with E-state index in [9.17, 15) is 23.2 Å². The number of alkyl halides is 2. The summed E-state index contributed by atoms with van der Waals surface area (Å²) in [6.07, 6.45) is -2.97. The number of rotatable bonds is 11. The molecule has 2 N–H and O–H groups in total. The summed E-state index contributed by atoms with van der Waals surface area (Å²) in [6, 6.07) is 22.6. The number of carbonyl (C=O) groups excluding carboxylic acids is 2. The first-order valence-electron chi connectivity index (χ1n) is 15.1. The quantitative estimate of drug-likeness (QED) is 0.166. The van der Waals surface area contributed by atoms with Crippen molar-refractivity contribution in [1.29, 1.82) is 0 Å². The fourth-order valence-corrected chi connectivity index (χ4v) is 5.33. The third-order valence-corrected chi connectivity index (χ3v) is 7.79. The first kappa shape index (κ1) is 33.0. The molecule has 13 heteroatoms. The summed E-state index contributed by atoms with van der Waals surface area (Å²) in [4.78, 5) is 41.4. The van der Waals surface area contributed by atoms with E-state index < -0.39 is 18.1 Å². The Hall–Kier alpha value is -5.95. The van der Waals surface area contributed by atoms with Gasteiger partial charge in [0, 0.05) is 30.9 Å². The maximum Gasteiger partial charge on any atom is 0.586 e. The SMILES string of the molecule is COc1cc(NC(=O)c2cc(=O)c3ccccc3o2)c(C(=O)Nc2ccc(CCN(C)Cc3ccc4c(c3)OC(F)(F)O4)cc2)cc1OC. The Labute approximate surface area is 278 Å². The molecule has 2 heterocycles. The molecule has 11 nitrogen and oxygen atoms in total. The summed E-state index contributed by atoms with van der Waals surface area (Å²) in [5, 5.41) is 5.84. The zero-order valence-corrected chi connectivity index (χ0v) is 26.7. The number of para-hydroxylation sites is 1. The average Bonchev–Trinajstić information content (AvgIpc) is 3.40. The van der Waals surface area contributed by atoms with Gasteiger partial charge in [-0.2, -0.15) is 0 Å². The zero-order valence-electron chi connectivity index (χ0n) is 26.7. The molecule has 0 aliphatic carbocycles. The lowest BCUT2D eigenvalue weighted by atomic mass is 10.1. The van der Waals surface area contributed by atoms with Crippen molar-refractivity contribution in [1.82, 2.24) is 4.90 Å². The van der Waals surface area contributed by atoms with Crippen molar-refractivity contribution in [2.24, 2.45) is 0 Å². The van der Waals surface area contributed by atoms with E-state index in [0.29, 0.717) is 30.6 Å². The molecule has 1 aromatic heterocycles. The lowest BCUT2D eigenvalue weighted by Crippen LogP contribution is -2.25. The van der Waals surface area contributed by atoms with Gasteiger partial charge in [-0.05, 0) is 67.1 Å². The maximum absolute atomic E-state index is 13.5. The molecule has 0 bridgehead atoms. The van der Waals surface area contributed by atoms with Crippen molar-refractivity contribution < 1.29 is 41.7 Å². The van der Waals surface area contributed by atoms with Crippen molar-refractivity contribution in [3.8, 4) is 23.0 Å². The van der Waals surface area contributed by atoms with Gasteiger partial charge >= 0.3 is 6.29 Å². The highest BCUT2D eigenvalue weighted by atomic mass is 19.3. The standard InChI is InChI=1S/C36H31F2N3O8/c1-41(20-22-10-13-29-32(16-22)49-36(37,38)48-29)15-14-21-8-11-23(12-9-21)39-34(43)25-17-30(45-2)31(46-3)18-26(25)40-35(44)33-19-27(42)24-6-4-5-7-28(24)47-33/h4-13,16-19H,14-15,20H2,1-3H3,(H,39,43)(H,40,44). The van der Waals surface area contributed by atoms with Crippen molar-refractivity contribution >= 4 is 34.2 Å². The zero-order chi connectivity index (χ0) is 34.7. The number of anilines is 2. The predicted molar refractivity (Wildman–Crippen MR) is 177 cm³/mol. The highest BCUT2D eigenvalue weighted by Gasteiger charge is 2.43. The molecule has 0 saturated carbocycles. The fraction of sp³-hybridized carbons (Fsp3) is 0.194. The normalized spacial score (nSPS) is 12.9. The lowest BCUT2D eigenvalue weighted by Gasteiger charge is -2.17. The van der Waals surface area contributed by atoms with Gasteiger partial charge in [0.15, 0.2) is 34.2 Å². The summed E-state index contributed by atoms with van der Waals surface area (Å²) in [7, 11) is 4.76. The van der Waals surface area contributed by atoms with E-state index in [1.54, 1.807) is 48.5 Å². The van der Waals surface area contributed by atoms with Gasteiger partial charge in [-0.3, -0.25) is 14.4 Å². The van der Waals surface area contributed by atoms with Gasteiger partial charge in [-0.25, -0.2) is 0 Å². The van der Waals surface area contributed by atoms with Crippen LogP contribution in [0.1, 0.15) is 32.0 Å². The minimum absolute atomic E-state index is 0.00608. The molecular formula is C36H31F2N3O8. The largest absolute Gasteiger partial charge is 0.586 e. The molecule has 6 rings (SSSR count). The number of carbonyl (C=O) groups is 2. The molecule has 5 aromatic rings. The van der Waals surface area contributed by atoms with E-state index in [-0.39, 0.29) is 51.0 Å². The van der Waals surface area contributed by atoms with Crippen LogP contribution in [-0.2, 0) is 13.0 Å². The van der Waals surface area contributed by atoms with E-state index in [0.717, 1.165) is 17.2 Å². The van der Waals surface area contributed by atoms with Crippen LogP contribution in [0.3, 0.4) is 0 Å². The minimum Gasteiger partial charge on any atom is -0.493 e. The molecule has 1 aliphatic heterocycles. The van der Waals surface area contributed by atoms with E-state index in [4.69, 9.17) is 13.9 Å². The number of fused-ring (bicyclic) bond motifs is 2. The fourth-order valence-electron chi connectivity index (χ4n) is 5.33. The summed E-state index contributed by atoms with van der Waals surface area (Å²) >= 11 is 0. The summed E-state index contributed by atoms with van der Waals surface area (Å²) < 4.78 is 52.1. The van der Waals surface area contributed by atoms with Gasteiger partial charge in [0.2, 0.25) is 0 Å². The number of amides is 2. The second-order valence-electron chi connectivity index (χ2n) is 11.3. The predicted octanol–water partition coefficient (Wildman–Crippen LogP) is 6.31. The molecule has 0 atom stereocenters. The van der Waals surface area contributed by atoms with Crippen LogP contribution in [0.5, 0.6) is 23.0 Å². The number of hydrogen-bond donors (Lipinski definition) is 2. The number of benzene rings is 4. The molecule has 0 spiro atoms. The van der Waals surface area contributed by atoms with E-state index >= 15 is 0 Å². The Morgan fingerprint density at radius 1 is 0.816 bits per heavy atom. The van der Waals surface area contributed by atoms with Crippen LogP contribution in [-0.4, -0.2) is 50.8 Å². The van der Waals surface area contributed by atoms with Gasteiger partial charge in [0.05, 0.1) is 30.9 Å². The number of halogens is 2. The van der Waals surface area contributed by atoms with Gasteiger partial charge in [0.1, 0.15) is 5.58 Å². The molecule has 252 valence electrons. The number of nitrogens with zero attached hydrogens (tertiary/aromatic N) is 1. The van der Waals surface area contributed by atoms with Crippen molar-refractivity contribution in [3.05, 3.63) is 118 Å². The average molecular weight is 672 g/mol. The van der Waals surface area contributed by atoms with Crippen LogP contribution in [0, 0.1) is 0 Å². The molecule has 1 aliphatic rings. The molecule has 0 unspecified atom stereocenters. The number of likely N-dealkylation sites (N-methyl/N-ethyl adjacent to an activating group) is 1. The van der Waals surface area contributed by atoms with Crippen LogP contribution in [0.25, 0.3) is 11.0 Å². The van der Waals surface area contributed by atoms with Crippen molar-refractivity contribution in [2.75, 3.05) is 38.4 Å². The maximum atomic E-state index is 13.5. The van der Waals surface area contributed by atoms with Crippen LogP contribution < -0.4 is 35.0 Å². The first-order chi connectivity index (χ1) is 23.5. The molecule has 2 amide bonds. The molecule has 0 radical (unpaired) electrons. The van der Waals surface area contributed by atoms with Crippen LogP contribution >= 0.6 is 0 Å². The summed E-state index contributed by atoms with van der Waals surface area (Å²) in [5.74, 6) is -0.957. The lowest BCUT2D eigenvalue weighted by molar-refractivity contribution is -0.286. The van der Waals surface area contributed by atoms with E-state index in [1.165, 1.54) is 32.4 Å². The molecule has 4 aromatic carbocycles. The Morgan fingerprint density at radius 2 is 1.51 bits per heavy atom. The second kappa shape index (κ2) is 13.6. The highest BCUT2D eigenvalue weighted by Crippen LogP contribution is 2.41. The molecular weight excluding hydrogens is 640 g/mol. The summed E-state index contributed by atoms with van der Waals surface area (Å²) in [5.41, 5.74) is 2.36. The number of methoxy groups -OCH3 is 2. The molecule has 0 saturated heterocycles. The Morgan fingerprint density at radius 3 is 2.27 bits per heavy atom. The van der Waals surface area contributed by atoms with Gasteiger partial charge < -0.3 is 38.9 Å². The smallest absolute Gasteiger partial charge is 0.493 e. The van der Waals surface area contributed by atoms with Crippen molar-refractivity contribution in [2.45, 2.75) is 19.3 Å². The number of hydrogen-bond acceptors (Lipinski definition) is 9. The van der Waals surface area contributed by atoms with Gasteiger partial charge in [-0.1, -0.05) is 30.3 Å². The molecule has 0 fully saturated rings. The van der Waals surface area contributed by atoms with Crippen LogP contribution in [0.15, 0.2) is 94.1 Å². The first-order valence-corrected chi connectivity index (χ1v) is 15.1. The van der Waals surface area contributed by atoms with E-state index in [2.05, 4.69) is 20.1 Å². The van der Waals surface area contributed by atoms with Gasteiger partial charge in [0.25, 0.3) is 11.8 Å². The monoisotopic (exact) mass is 671 g/mol. The Kier molecular flexibility index (Phi) is 9.18. The number of nitrogens with one attached hydrogen (secondary N) is 2. The Bertz CT molecular complexity index is 2100. The number of ether oxygens (including phenoxy) is 4. The van der Waals surface area contributed by atoms with Gasteiger partial charge in [-0.15, -0.1) is 8.78 Å². The van der Waals surface area contributed by atoms with Crippen LogP contribution in [0.4, 0.5) is 20.2 Å². The van der Waals surface area contributed by atoms with Crippen molar-refractivity contribution in [3.63, 3.8) is 0 Å². The second-order valence-corrected chi connectivity index (χ2v) is 11.3. The highest BCUT2D eigenvalue weighted by molar-refractivity contribution is 6.12.